The molecule has 4 nitrogen and oxygen atoms in total. The van der Waals surface area contributed by atoms with Crippen molar-refractivity contribution in [1.29, 1.82) is 0 Å². The summed E-state index contributed by atoms with van der Waals surface area (Å²) >= 11 is 6.01. The molecule has 0 aromatic heterocycles. The van der Waals surface area contributed by atoms with Crippen molar-refractivity contribution in [3.63, 3.8) is 0 Å². The number of carbonyl (C=O) groups excluding carboxylic acids is 2. The maximum absolute atomic E-state index is 12.3. The standard InChI is InChI=1S/C16H19ClN2O2/c1-3-15(20)18-8-6-16(21)19-9-7-12-10-13(17)4-5-14(12)11(19)2/h3-5,10-11H,1,6-9H2,2H3,(H,18,20). The minimum absolute atomic E-state index is 0.0358. The van der Waals surface area contributed by atoms with Gasteiger partial charge >= 0.3 is 0 Å². The van der Waals surface area contributed by atoms with Crippen LogP contribution in [0.4, 0.5) is 0 Å². The van der Waals surface area contributed by atoms with Crippen molar-refractivity contribution in [3.05, 3.63) is 47.0 Å². The molecule has 1 unspecified atom stereocenters. The van der Waals surface area contributed by atoms with E-state index >= 15 is 0 Å². The van der Waals surface area contributed by atoms with Gasteiger partial charge in [0.05, 0.1) is 6.04 Å². The van der Waals surface area contributed by atoms with Crippen LogP contribution in [0, 0.1) is 0 Å². The zero-order valence-corrected chi connectivity index (χ0v) is 12.8. The molecule has 1 aliphatic heterocycles. The third kappa shape index (κ3) is 3.64. The van der Waals surface area contributed by atoms with E-state index in [1.54, 1.807) is 0 Å². The highest BCUT2D eigenvalue weighted by molar-refractivity contribution is 6.30. The van der Waals surface area contributed by atoms with Crippen LogP contribution in [0.5, 0.6) is 0 Å². The van der Waals surface area contributed by atoms with Crippen molar-refractivity contribution in [2.75, 3.05) is 13.1 Å². The molecule has 2 rings (SSSR count). The number of rotatable bonds is 4. The first-order chi connectivity index (χ1) is 10.0. The molecule has 2 amide bonds. The lowest BCUT2D eigenvalue weighted by Gasteiger charge is -2.35. The van der Waals surface area contributed by atoms with Gasteiger partial charge in [0, 0.05) is 24.5 Å². The summed E-state index contributed by atoms with van der Waals surface area (Å²) in [6.07, 6.45) is 2.31. The van der Waals surface area contributed by atoms with Crippen LogP contribution in [-0.2, 0) is 16.0 Å². The minimum atomic E-state index is -0.255. The lowest BCUT2D eigenvalue weighted by molar-refractivity contribution is -0.133. The maximum atomic E-state index is 12.3. The second-order valence-electron chi connectivity index (χ2n) is 5.10. The number of hydrogen-bond donors (Lipinski definition) is 1. The maximum Gasteiger partial charge on any atom is 0.243 e. The summed E-state index contributed by atoms with van der Waals surface area (Å²) in [6.45, 7) is 6.41. The highest BCUT2D eigenvalue weighted by Crippen LogP contribution is 2.31. The van der Waals surface area contributed by atoms with Gasteiger partial charge < -0.3 is 10.2 Å². The Morgan fingerprint density at radius 1 is 1.52 bits per heavy atom. The van der Waals surface area contributed by atoms with Gasteiger partial charge in [0.15, 0.2) is 0 Å². The molecule has 5 heteroatoms. The number of hydrogen-bond acceptors (Lipinski definition) is 2. The molecule has 0 fully saturated rings. The minimum Gasteiger partial charge on any atom is -0.352 e. The lowest BCUT2D eigenvalue weighted by Crippen LogP contribution is -2.40. The summed E-state index contributed by atoms with van der Waals surface area (Å²) in [7, 11) is 0. The summed E-state index contributed by atoms with van der Waals surface area (Å²) < 4.78 is 0. The molecule has 112 valence electrons. The molecule has 1 aromatic carbocycles. The SMILES string of the molecule is C=CC(=O)NCCC(=O)N1CCc2cc(Cl)ccc2C1C. The Kier molecular flexibility index (Phi) is 5.02. The van der Waals surface area contributed by atoms with E-state index in [0.717, 1.165) is 17.0 Å². The molecule has 1 N–H and O–H groups in total. The van der Waals surface area contributed by atoms with Crippen molar-refractivity contribution in [2.45, 2.75) is 25.8 Å². The number of nitrogens with zero attached hydrogens (tertiary/aromatic N) is 1. The van der Waals surface area contributed by atoms with Crippen molar-refractivity contribution in [1.82, 2.24) is 10.2 Å². The molecule has 0 aliphatic carbocycles. The van der Waals surface area contributed by atoms with Crippen LogP contribution in [0.3, 0.4) is 0 Å². The molecular weight excluding hydrogens is 288 g/mol. The molecule has 1 aromatic rings. The number of benzene rings is 1. The van der Waals surface area contributed by atoms with Crippen LogP contribution < -0.4 is 5.32 Å². The van der Waals surface area contributed by atoms with E-state index in [1.807, 2.05) is 30.0 Å². The summed E-state index contributed by atoms with van der Waals surface area (Å²) in [5.41, 5.74) is 2.35. The predicted molar refractivity (Wildman–Crippen MR) is 83.1 cm³/mol. The first-order valence-corrected chi connectivity index (χ1v) is 7.38. The Labute approximate surface area is 129 Å². The van der Waals surface area contributed by atoms with Crippen LogP contribution in [0.25, 0.3) is 0 Å². The van der Waals surface area contributed by atoms with Crippen LogP contribution in [0.2, 0.25) is 5.02 Å². The fraction of sp³-hybridized carbons (Fsp3) is 0.375. The summed E-state index contributed by atoms with van der Waals surface area (Å²) in [6, 6.07) is 5.85. The molecule has 0 spiro atoms. The molecule has 0 bridgehead atoms. The Hall–Kier alpha value is -1.81. The second-order valence-corrected chi connectivity index (χ2v) is 5.54. The third-order valence-corrected chi connectivity index (χ3v) is 4.02. The van der Waals surface area contributed by atoms with Gasteiger partial charge in [0.2, 0.25) is 11.8 Å². The second kappa shape index (κ2) is 6.76. The van der Waals surface area contributed by atoms with Crippen LogP contribution >= 0.6 is 11.6 Å². The van der Waals surface area contributed by atoms with E-state index in [4.69, 9.17) is 11.6 Å². The van der Waals surface area contributed by atoms with Gasteiger partial charge in [-0.15, -0.1) is 0 Å². The highest BCUT2D eigenvalue weighted by atomic mass is 35.5. The molecule has 21 heavy (non-hydrogen) atoms. The zero-order valence-electron chi connectivity index (χ0n) is 12.1. The number of halogens is 1. The van der Waals surface area contributed by atoms with E-state index in [9.17, 15) is 9.59 Å². The van der Waals surface area contributed by atoms with Gasteiger partial charge in [-0.05, 0) is 42.7 Å². The Morgan fingerprint density at radius 3 is 3.00 bits per heavy atom. The van der Waals surface area contributed by atoms with Gasteiger partial charge in [0.1, 0.15) is 0 Å². The van der Waals surface area contributed by atoms with Crippen LogP contribution in [0.15, 0.2) is 30.9 Å². The van der Waals surface area contributed by atoms with Crippen LogP contribution in [0.1, 0.15) is 30.5 Å². The Morgan fingerprint density at radius 2 is 2.29 bits per heavy atom. The van der Waals surface area contributed by atoms with E-state index in [-0.39, 0.29) is 17.9 Å². The quantitative estimate of drug-likeness (QED) is 0.869. The fourth-order valence-electron chi connectivity index (χ4n) is 2.65. The van der Waals surface area contributed by atoms with Gasteiger partial charge in [-0.1, -0.05) is 24.2 Å². The van der Waals surface area contributed by atoms with Gasteiger partial charge in [-0.25, -0.2) is 0 Å². The van der Waals surface area contributed by atoms with E-state index < -0.39 is 0 Å². The topological polar surface area (TPSA) is 49.4 Å². The molecule has 0 radical (unpaired) electrons. The van der Waals surface area contributed by atoms with Gasteiger partial charge in [-0.2, -0.15) is 0 Å². The van der Waals surface area contributed by atoms with Crippen LogP contribution in [-0.4, -0.2) is 29.8 Å². The van der Waals surface area contributed by atoms with Crippen molar-refractivity contribution < 1.29 is 9.59 Å². The number of amides is 2. The van der Waals surface area contributed by atoms with E-state index in [2.05, 4.69) is 11.9 Å². The molecule has 1 aliphatic rings. The highest BCUT2D eigenvalue weighted by Gasteiger charge is 2.27. The van der Waals surface area contributed by atoms with Gasteiger partial charge in [-0.3, -0.25) is 9.59 Å². The summed E-state index contributed by atoms with van der Waals surface area (Å²) in [5, 5.41) is 3.35. The predicted octanol–water partition coefficient (Wildman–Crippen LogP) is 2.48. The molecule has 1 heterocycles. The first kappa shape index (κ1) is 15.6. The zero-order chi connectivity index (χ0) is 15.4. The van der Waals surface area contributed by atoms with Gasteiger partial charge in [0.25, 0.3) is 0 Å². The number of nitrogens with one attached hydrogen (secondary N) is 1. The molecular formula is C16H19ClN2O2. The molecule has 1 atom stereocenters. The number of fused-ring (bicyclic) bond motifs is 1. The monoisotopic (exact) mass is 306 g/mol. The normalized spacial score (nSPS) is 17.0. The average Bonchev–Trinajstić information content (AvgIpc) is 2.47. The van der Waals surface area contributed by atoms with Crippen molar-refractivity contribution >= 4 is 23.4 Å². The molecule has 0 saturated heterocycles. The molecule has 0 saturated carbocycles. The number of carbonyl (C=O) groups is 2. The summed E-state index contributed by atoms with van der Waals surface area (Å²) in [5.74, 6) is -0.207. The third-order valence-electron chi connectivity index (χ3n) is 3.79. The largest absolute Gasteiger partial charge is 0.352 e. The van der Waals surface area contributed by atoms with Crippen molar-refractivity contribution in [3.8, 4) is 0 Å². The smallest absolute Gasteiger partial charge is 0.243 e. The fourth-order valence-corrected chi connectivity index (χ4v) is 2.84. The van der Waals surface area contributed by atoms with E-state index in [0.29, 0.717) is 19.5 Å². The van der Waals surface area contributed by atoms with E-state index in [1.165, 1.54) is 11.6 Å². The Balaban J connectivity index is 1.99. The average molecular weight is 307 g/mol. The Bertz CT molecular complexity index is 571. The first-order valence-electron chi connectivity index (χ1n) is 7.01. The lowest BCUT2D eigenvalue weighted by atomic mass is 9.93. The van der Waals surface area contributed by atoms with Crippen molar-refractivity contribution in [2.24, 2.45) is 0 Å². The summed E-state index contributed by atoms with van der Waals surface area (Å²) in [4.78, 5) is 25.2.